The van der Waals surface area contributed by atoms with Crippen LogP contribution in [0.2, 0.25) is 0 Å². The van der Waals surface area contributed by atoms with Crippen molar-refractivity contribution in [3.8, 4) is 0 Å². The molecule has 60 valence electrons. The zero-order chi connectivity index (χ0) is 8.55. The fourth-order valence-corrected chi connectivity index (χ4v) is 1.50. The Morgan fingerprint density at radius 2 is 2.25 bits per heavy atom. The highest BCUT2D eigenvalue weighted by Crippen LogP contribution is 2.24. The molecule has 2 heteroatoms. The summed E-state index contributed by atoms with van der Waals surface area (Å²) in [5.74, 6) is -0.218. The van der Waals surface area contributed by atoms with Gasteiger partial charge in [-0.15, -0.1) is 0 Å². The van der Waals surface area contributed by atoms with Gasteiger partial charge in [0.2, 0.25) is 0 Å². The highest BCUT2D eigenvalue weighted by Gasteiger charge is 2.26. The van der Waals surface area contributed by atoms with Crippen molar-refractivity contribution < 1.29 is 4.79 Å². The summed E-state index contributed by atoms with van der Waals surface area (Å²) in [5, 5.41) is 7.37. The lowest BCUT2D eigenvalue weighted by Crippen LogP contribution is -2.27. The SMILES string of the molecule is N=C1CC=C2C=CC=CC2C1=O. The van der Waals surface area contributed by atoms with Gasteiger partial charge in [0.25, 0.3) is 0 Å². The lowest BCUT2D eigenvalue weighted by molar-refractivity contribution is -0.114. The third-order valence-corrected chi connectivity index (χ3v) is 2.18. The first-order valence-electron chi connectivity index (χ1n) is 3.95. The van der Waals surface area contributed by atoms with E-state index in [1.807, 2.05) is 30.4 Å². The molecule has 2 aliphatic carbocycles. The van der Waals surface area contributed by atoms with Crippen LogP contribution in [0, 0.1) is 11.3 Å². The number of carbonyl (C=O) groups is 1. The van der Waals surface area contributed by atoms with Crippen LogP contribution in [0.5, 0.6) is 0 Å². The van der Waals surface area contributed by atoms with E-state index in [-0.39, 0.29) is 17.4 Å². The second-order valence-corrected chi connectivity index (χ2v) is 2.97. The molecule has 0 aromatic rings. The van der Waals surface area contributed by atoms with Crippen molar-refractivity contribution in [2.75, 3.05) is 0 Å². The third kappa shape index (κ3) is 0.961. The van der Waals surface area contributed by atoms with E-state index >= 15 is 0 Å². The van der Waals surface area contributed by atoms with Gasteiger partial charge < -0.3 is 5.41 Å². The van der Waals surface area contributed by atoms with Crippen LogP contribution < -0.4 is 0 Å². The molecule has 0 heterocycles. The summed E-state index contributed by atoms with van der Waals surface area (Å²) in [7, 11) is 0. The van der Waals surface area contributed by atoms with Crippen LogP contribution in [0.1, 0.15) is 6.42 Å². The van der Waals surface area contributed by atoms with E-state index in [1.165, 1.54) is 0 Å². The molecule has 0 amide bonds. The minimum absolute atomic E-state index is 0.0481. The number of nitrogens with one attached hydrogen (secondary N) is 1. The Morgan fingerprint density at radius 3 is 3.08 bits per heavy atom. The molecule has 0 aliphatic heterocycles. The molecule has 0 saturated carbocycles. The normalized spacial score (nSPS) is 27.0. The Labute approximate surface area is 70.8 Å². The van der Waals surface area contributed by atoms with Crippen LogP contribution >= 0.6 is 0 Å². The lowest BCUT2D eigenvalue weighted by Gasteiger charge is -2.20. The molecule has 2 nitrogen and oxygen atoms in total. The van der Waals surface area contributed by atoms with Crippen molar-refractivity contribution in [2.24, 2.45) is 5.92 Å². The predicted molar refractivity (Wildman–Crippen MR) is 47.2 cm³/mol. The molecule has 1 atom stereocenters. The van der Waals surface area contributed by atoms with E-state index in [0.717, 1.165) is 5.57 Å². The van der Waals surface area contributed by atoms with Gasteiger partial charge in [0.05, 0.1) is 11.6 Å². The number of fused-ring (bicyclic) bond motifs is 1. The van der Waals surface area contributed by atoms with Crippen molar-refractivity contribution >= 4 is 11.5 Å². The number of allylic oxidation sites excluding steroid dienone is 6. The smallest absolute Gasteiger partial charge is 0.187 e. The molecule has 0 radical (unpaired) electrons. The number of hydrogen-bond donors (Lipinski definition) is 1. The van der Waals surface area contributed by atoms with Gasteiger partial charge in [0, 0.05) is 6.42 Å². The molecule has 0 saturated heterocycles. The fourth-order valence-electron chi connectivity index (χ4n) is 1.50. The van der Waals surface area contributed by atoms with Crippen LogP contribution in [-0.2, 0) is 4.79 Å². The highest BCUT2D eigenvalue weighted by molar-refractivity contribution is 6.41. The summed E-state index contributed by atoms with van der Waals surface area (Å²) in [5.41, 5.74) is 1.27. The maximum atomic E-state index is 11.4. The van der Waals surface area contributed by atoms with Gasteiger partial charge in [-0.05, 0) is 5.57 Å². The number of rotatable bonds is 0. The average Bonchev–Trinajstić information content (AvgIpc) is 2.12. The standard InChI is InChI=1S/C10H9NO/c11-9-6-5-7-3-1-2-4-8(7)10(9)12/h1-5,8,11H,6H2. The minimum atomic E-state index is -0.170. The van der Waals surface area contributed by atoms with Crippen LogP contribution in [0.15, 0.2) is 36.0 Å². The third-order valence-electron chi connectivity index (χ3n) is 2.18. The second kappa shape index (κ2) is 2.55. The summed E-state index contributed by atoms with van der Waals surface area (Å²) < 4.78 is 0. The van der Waals surface area contributed by atoms with Crippen LogP contribution in [0.3, 0.4) is 0 Å². The number of Topliss-reactive ketones (excluding diaryl/α,β-unsaturated/α-hetero) is 1. The molecule has 0 bridgehead atoms. The second-order valence-electron chi connectivity index (χ2n) is 2.97. The molecule has 1 unspecified atom stereocenters. The monoisotopic (exact) mass is 159 g/mol. The number of ketones is 1. The zero-order valence-corrected chi connectivity index (χ0v) is 6.58. The molecular formula is C10H9NO. The lowest BCUT2D eigenvalue weighted by atomic mass is 9.83. The maximum Gasteiger partial charge on any atom is 0.187 e. The maximum absolute atomic E-state index is 11.4. The highest BCUT2D eigenvalue weighted by atomic mass is 16.1. The Balaban J connectivity index is 2.42. The zero-order valence-electron chi connectivity index (χ0n) is 6.58. The van der Waals surface area contributed by atoms with Crippen molar-refractivity contribution in [1.29, 1.82) is 5.41 Å². The summed E-state index contributed by atoms with van der Waals surface area (Å²) in [6, 6.07) is 0. The Bertz CT molecular complexity index is 334. The van der Waals surface area contributed by atoms with Gasteiger partial charge in [0.1, 0.15) is 0 Å². The van der Waals surface area contributed by atoms with Gasteiger partial charge in [-0.3, -0.25) is 4.79 Å². The Morgan fingerprint density at radius 1 is 1.42 bits per heavy atom. The predicted octanol–water partition coefficient (Wildman–Crippen LogP) is 1.65. The van der Waals surface area contributed by atoms with Crippen molar-refractivity contribution in [1.82, 2.24) is 0 Å². The van der Waals surface area contributed by atoms with E-state index in [1.54, 1.807) is 0 Å². The Hall–Kier alpha value is -1.44. The fraction of sp³-hybridized carbons (Fsp3) is 0.200. The molecule has 0 fully saturated rings. The van der Waals surface area contributed by atoms with Gasteiger partial charge >= 0.3 is 0 Å². The number of hydrogen-bond acceptors (Lipinski definition) is 2. The van der Waals surface area contributed by atoms with E-state index in [2.05, 4.69) is 0 Å². The summed E-state index contributed by atoms with van der Waals surface area (Å²) in [6.07, 6.45) is 10.0. The average molecular weight is 159 g/mol. The molecule has 0 aromatic heterocycles. The van der Waals surface area contributed by atoms with Crippen LogP contribution in [-0.4, -0.2) is 11.5 Å². The molecule has 2 aliphatic rings. The Kier molecular flexibility index (Phi) is 1.54. The van der Waals surface area contributed by atoms with Gasteiger partial charge in [0.15, 0.2) is 5.78 Å². The molecule has 1 N–H and O–H groups in total. The quantitative estimate of drug-likeness (QED) is 0.573. The van der Waals surface area contributed by atoms with E-state index in [0.29, 0.717) is 6.42 Å². The molecular weight excluding hydrogens is 150 g/mol. The van der Waals surface area contributed by atoms with E-state index in [9.17, 15) is 4.79 Å². The first-order chi connectivity index (χ1) is 5.79. The topological polar surface area (TPSA) is 40.9 Å². The largest absolute Gasteiger partial charge is 0.301 e. The van der Waals surface area contributed by atoms with Crippen LogP contribution in [0.25, 0.3) is 0 Å². The van der Waals surface area contributed by atoms with Crippen LogP contribution in [0.4, 0.5) is 0 Å². The summed E-state index contributed by atoms with van der Waals surface area (Å²) in [4.78, 5) is 11.4. The van der Waals surface area contributed by atoms with E-state index < -0.39 is 0 Å². The van der Waals surface area contributed by atoms with Gasteiger partial charge in [-0.1, -0.05) is 30.4 Å². The van der Waals surface area contributed by atoms with Crippen molar-refractivity contribution in [2.45, 2.75) is 6.42 Å². The summed E-state index contributed by atoms with van der Waals surface area (Å²) in [6.45, 7) is 0. The molecule has 12 heavy (non-hydrogen) atoms. The molecule has 0 aromatic carbocycles. The molecule has 2 rings (SSSR count). The minimum Gasteiger partial charge on any atom is -0.301 e. The van der Waals surface area contributed by atoms with Gasteiger partial charge in [-0.2, -0.15) is 0 Å². The first-order valence-corrected chi connectivity index (χ1v) is 3.95. The first kappa shape index (κ1) is 7.22. The van der Waals surface area contributed by atoms with Crippen molar-refractivity contribution in [3.63, 3.8) is 0 Å². The molecule has 0 spiro atoms. The van der Waals surface area contributed by atoms with Gasteiger partial charge in [-0.25, -0.2) is 0 Å². The summed E-state index contributed by atoms with van der Waals surface area (Å²) >= 11 is 0. The number of carbonyl (C=O) groups excluding carboxylic acids is 1. The van der Waals surface area contributed by atoms with E-state index in [4.69, 9.17) is 5.41 Å². The van der Waals surface area contributed by atoms with Crippen molar-refractivity contribution in [3.05, 3.63) is 36.0 Å².